The standard InChI is InChI=1S/C15H11IN4O2S/c16-10-5-1-2-6-11(10)18-13(21)9-23-15-20-19-14(22-15)12-7-3-4-8-17-12/h1-8H,9H2,(H,18,21). The molecule has 0 aliphatic rings. The molecule has 23 heavy (non-hydrogen) atoms. The molecular weight excluding hydrogens is 427 g/mol. The molecule has 1 N–H and O–H groups in total. The van der Waals surface area contributed by atoms with E-state index in [2.05, 4.69) is 43.1 Å². The van der Waals surface area contributed by atoms with Crippen molar-refractivity contribution in [2.75, 3.05) is 11.1 Å². The largest absolute Gasteiger partial charge is 0.410 e. The number of nitrogens with zero attached hydrogens (tertiary/aromatic N) is 3. The predicted octanol–water partition coefficient (Wildman–Crippen LogP) is 3.47. The topological polar surface area (TPSA) is 80.9 Å². The van der Waals surface area contributed by atoms with Crippen LogP contribution in [-0.4, -0.2) is 26.8 Å². The lowest BCUT2D eigenvalue weighted by molar-refractivity contribution is -0.113. The van der Waals surface area contributed by atoms with Gasteiger partial charge in [0.1, 0.15) is 5.69 Å². The molecule has 6 nitrogen and oxygen atoms in total. The van der Waals surface area contributed by atoms with Crippen LogP contribution in [-0.2, 0) is 4.79 Å². The number of para-hydroxylation sites is 1. The summed E-state index contributed by atoms with van der Waals surface area (Å²) < 4.78 is 6.48. The van der Waals surface area contributed by atoms with Crippen LogP contribution < -0.4 is 5.32 Å². The number of carbonyl (C=O) groups excluding carboxylic acids is 1. The van der Waals surface area contributed by atoms with Crippen LogP contribution in [0.2, 0.25) is 0 Å². The highest BCUT2D eigenvalue weighted by Gasteiger charge is 2.12. The highest BCUT2D eigenvalue weighted by atomic mass is 127. The van der Waals surface area contributed by atoms with Crippen LogP contribution in [0.15, 0.2) is 58.3 Å². The van der Waals surface area contributed by atoms with Crippen LogP contribution in [0.1, 0.15) is 0 Å². The minimum Gasteiger partial charge on any atom is -0.410 e. The van der Waals surface area contributed by atoms with Crippen molar-refractivity contribution >= 4 is 45.9 Å². The molecule has 0 aliphatic carbocycles. The smallest absolute Gasteiger partial charge is 0.277 e. The fraction of sp³-hybridized carbons (Fsp3) is 0.0667. The molecule has 3 rings (SSSR count). The second-order valence-corrected chi connectivity index (χ2v) is 6.49. The Morgan fingerprint density at radius 2 is 2.00 bits per heavy atom. The number of carbonyl (C=O) groups is 1. The van der Waals surface area contributed by atoms with E-state index in [0.717, 1.165) is 9.26 Å². The first-order chi connectivity index (χ1) is 11.2. The molecule has 0 atom stereocenters. The SMILES string of the molecule is O=C(CSc1nnc(-c2ccccn2)o1)Nc1ccccc1I. The molecular formula is C15H11IN4O2S. The number of amides is 1. The molecule has 8 heteroatoms. The van der Waals surface area contributed by atoms with E-state index in [1.807, 2.05) is 36.4 Å². The van der Waals surface area contributed by atoms with Gasteiger partial charge in [0.2, 0.25) is 5.91 Å². The van der Waals surface area contributed by atoms with E-state index in [1.54, 1.807) is 12.3 Å². The van der Waals surface area contributed by atoms with Crippen molar-refractivity contribution in [3.63, 3.8) is 0 Å². The third-order valence-corrected chi connectivity index (χ3v) is 4.52. The highest BCUT2D eigenvalue weighted by Crippen LogP contribution is 2.22. The molecule has 116 valence electrons. The summed E-state index contributed by atoms with van der Waals surface area (Å²) >= 11 is 3.36. The minimum atomic E-state index is -0.128. The fourth-order valence-corrected chi connectivity index (χ4v) is 2.82. The van der Waals surface area contributed by atoms with Crippen molar-refractivity contribution in [2.45, 2.75) is 5.22 Å². The number of hydrogen-bond donors (Lipinski definition) is 1. The number of thioether (sulfide) groups is 1. The van der Waals surface area contributed by atoms with Crippen LogP contribution in [0.25, 0.3) is 11.6 Å². The van der Waals surface area contributed by atoms with Gasteiger partial charge in [-0.3, -0.25) is 9.78 Å². The summed E-state index contributed by atoms with van der Waals surface area (Å²) in [6.45, 7) is 0. The molecule has 1 aromatic carbocycles. The predicted molar refractivity (Wildman–Crippen MR) is 96.0 cm³/mol. The van der Waals surface area contributed by atoms with Crippen molar-refractivity contribution in [2.24, 2.45) is 0 Å². The summed E-state index contributed by atoms with van der Waals surface area (Å²) in [5.74, 6) is 0.400. The van der Waals surface area contributed by atoms with Gasteiger partial charge in [-0.2, -0.15) is 0 Å². The maximum absolute atomic E-state index is 12.0. The Labute approximate surface area is 150 Å². The molecule has 0 spiro atoms. The van der Waals surface area contributed by atoms with Gasteiger partial charge in [-0.25, -0.2) is 0 Å². The minimum absolute atomic E-state index is 0.128. The zero-order valence-corrected chi connectivity index (χ0v) is 14.7. The van der Waals surface area contributed by atoms with Crippen LogP contribution >= 0.6 is 34.4 Å². The third-order valence-electron chi connectivity index (χ3n) is 2.77. The van der Waals surface area contributed by atoms with Crippen LogP contribution in [0, 0.1) is 3.57 Å². The lowest BCUT2D eigenvalue weighted by Crippen LogP contribution is -2.14. The molecule has 0 unspecified atom stereocenters. The van der Waals surface area contributed by atoms with Gasteiger partial charge in [-0.1, -0.05) is 30.0 Å². The van der Waals surface area contributed by atoms with E-state index >= 15 is 0 Å². The number of halogens is 1. The van der Waals surface area contributed by atoms with Gasteiger partial charge in [0.15, 0.2) is 0 Å². The molecule has 0 bridgehead atoms. The van der Waals surface area contributed by atoms with Crippen LogP contribution in [0.4, 0.5) is 5.69 Å². The van der Waals surface area contributed by atoms with Gasteiger partial charge < -0.3 is 9.73 Å². The molecule has 2 heterocycles. The van der Waals surface area contributed by atoms with Gasteiger partial charge in [0.05, 0.1) is 11.4 Å². The summed E-state index contributed by atoms with van der Waals surface area (Å²) in [6.07, 6.45) is 1.65. The molecule has 0 saturated heterocycles. The summed E-state index contributed by atoms with van der Waals surface area (Å²) in [5, 5.41) is 11.0. The van der Waals surface area contributed by atoms with E-state index in [9.17, 15) is 4.79 Å². The van der Waals surface area contributed by atoms with E-state index in [1.165, 1.54) is 11.8 Å². The number of anilines is 1. The summed E-state index contributed by atoms with van der Waals surface area (Å²) in [4.78, 5) is 16.1. The molecule has 1 amide bonds. The summed E-state index contributed by atoms with van der Waals surface area (Å²) in [6, 6.07) is 13.0. The van der Waals surface area contributed by atoms with Gasteiger partial charge in [-0.15, -0.1) is 10.2 Å². The maximum Gasteiger partial charge on any atom is 0.277 e. The van der Waals surface area contributed by atoms with Gasteiger partial charge in [0.25, 0.3) is 11.1 Å². The van der Waals surface area contributed by atoms with Crippen molar-refractivity contribution in [1.29, 1.82) is 0 Å². The average molecular weight is 438 g/mol. The number of rotatable bonds is 5. The molecule has 2 aromatic heterocycles. The normalized spacial score (nSPS) is 10.5. The number of aromatic nitrogens is 3. The summed E-state index contributed by atoms with van der Waals surface area (Å²) in [5.41, 5.74) is 1.40. The monoisotopic (exact) mass is 438 g/mol. The van der Waals surface area contributed by atoms with E-state index in [-0.39, 0.29) is 11.7 Å². The lowest BCUT2D eigenvalue weighted by Gasteiger charge is -2.05. The molecule has 0 radical (unpaired) electrons. The maximum atomic E-state index is 12.0. The van der Waals surface area contributed by atoms with Crippen molar-refractivity contribution in [3.8, 4) is 11.6 Å². The summed E-state index contributed by atoms with van der Waals surface area (Å²) in [7, 11) is 0. The molecule has 0 fully saturated rings. The first-order valence-electron chi connectivity index (χ1n) is 6.64. The van der Waals surface area contributed by atoms with Crippen LogP contribution in [0.5, 0.6) is 0 Å². The van der Waals surface area contributed by atoms with Crippen LogP contribution in [0.3, 0.4) is 0 Å². The van der Waals surface area contributed by atoms with Gasteiger partial charge in [0, 0.05) is 9.77 Å². The number of hydrogen-bond acceptors (Lipinski definition) is 6. The third kappa shape index (κ3) is 4.29. The average Bonchev–Trinajstić information content (AvgIpc) is 3.05. The Kier molecular flexibility index (Phi) is 5.23. The Balaban J connectivity index is 1.58. The number of nitrogens with one attached hydrogen (secondary N) is 1. The van der Waals surface area contributed by atoms with Crippen molar-refractivity contribution < 1.29 is 9.21 Å². The Morgan fingerprint density at radius 3 is 2.78 bits per heavy atom. The molecule has 0 aliphatic heterocycles. The number of benzene rings is 1. The highest BCUT2D eigenvalue weighted by molar-refractivity contribution is 14.1. The molecule has 0 saturated carbocycles. The molecule has 3 aromatic rings. The second kappa shape index (κ2) is 7.55. The Bertz CT molecular complexity index is 810. The van der Waals surface area contributed by atoms with Gasteiger partial charge >= 0.3 is 0 Å². The first-order valence-corrected chi connectivity index (χ1v) is 8.71. The van der Waals surface area contributed by atoms with Crippen molar-refractivity contribution in [1.82, 2.24) is 15.2 Å². The Morgan fingerprint density at radius 1 is 1.17 bits per heavy atom. The second-order valence-electron chi connectivity index (χ2n) is 4.40. The lowest BCUT2D eigenvalue weighted by atomic mass is 10.3. The van der Waals surface area contributed by atoms with Gasteiger partial charge in [-0.05, 0) is 46.9 Å². The number of pyridine rings is 1. The van der Waals surface area contributed by atoms with Crippen molar-refractivity contribution in [3.05, 3.63) is 52.2 Å². The van der Waals surface area contributed by atoms with E-state index in [0.29, 0.717) is 16.8 Å². The zero-order chi connectivity index (χ0) is 16.1. The van der Waals surface area contributed by atoms with E-state index in [4.69, 9.17) is 4.42 Å². The fourth-order valence-electron chi connectivity index (χ4n) is 1.74. The zero-order valence-electron chi connectivity index (χ0n) is 11.8. The quantitative estimate of drug-likeness (QED) is 0.486. The Hall–Kier alpha value is -1.94. The van der Waals surface area contributed by atoms with E-state index < -0.39 is 0 Å². The first kappa shape index (κ1) is 15.9.